The third kappa shape index (κ3) is 1.74. The van der Waals surface area contributed by atoms with Gasteiger partial charge in [-0.15, -0.1) is 0 Å². The van der Waals surface area contributed by atoms with Crippen molar-refractivity contribution in [3.63, 3.8) is 0 Å². The molecule has 0 aliphatic heterocycles. The molecule has 2 rings (SSSR count). The first-order valence-electron chi connectivity index (χ1n) is 4.31. The lowest BCUT2D eigenvalue weighted by Gasteiger charge is -2.02. The summed E-state index contributed by atoms with van der Waals surface area (Å²) in [7, 11) is 0. The zero-order valence-corrected chi connectivity index (χ0v) is 7.74. The molecule has 1 aromatic carbocycles. The molecule has 0 atom stereocenters. The SMILES string of the molecule is Nc1ccc(F)cc1C(=O)c1ccco1. The molecule has 2 N–H and O–H groups in total. The fourth-order valence-electron chi connectivity index (χ4n) is 1.27. The number of benzene rings is 1. The van der Waals surface area contributed by atoms with E-state index in [2.05, 4.69) is 0 Å². The normalized spacial score (nSPS) is 10.2. The van der Waals surface area contributed by atoms with E-state index in [0.717, 1.165) is 6.07 Å². The highest BCUT2D eigenvalue weighted by molar-refractivity contribution is 6.10. The number of halogens is 1. The average Bonchev–Trinajstić information content (AvgIpc) is 2.74. The Bertz CT molecular complexity index is 491. The number of furan rings is 1. The Morgan fingerprint density at radius 2 is 2.13 bits per heavy atom. The highest BCUT2D eigenvalue weighted by Gasteiger charge is 2.15. The zero-order valence-electron chi connectivity index (χ0n) is 7.74. The highest BCUT2D eigenvalue weighted by Crippen LogP contribution is 2.18. The molecule has 1 aromatic heterocycles. The fraction of sp³-hybridized carbons (Fsp3) is 0. The maximum atomic E-state index is 12.9. The van der Waals surface area contributed by atoms with Gasteiger partial charge < -0.3 is 10.2 Å². The summed E-state index contributed by atoms with van der Waals surface area (Å²) in [4.78, 5) is 11.7. The lowest BCUT2D eigenvalue weighted by atomic mass is 10.1. The van der Waals surface area contributed by atoms with Crippen LogP contribution >= 0.6 is 0 Å². The van der Waals surface area contributed by atoms with E-state index >= 15 is 0 Å². The molecule has 1 heterocycles. The van der Waals surface area contributed by atoms with Gasteiger partial charge in [-0.1, -0.05) is 0 Å². The Morgan fingerprint density at radius 1 is 1.33 bits per heavy atom. The quantitative estimate of drug-likeness (QED) is 0.604. The molecular weight excluding hydrogens is 197 g/mol. The number of nitrogens with two attached hydrogens (primary N) is 1. The molecule has 4 heteroatoms. The number of anilines is 1. The van der Waals surface area contributed by atoms with E-state index in [-0.39, 0.29) is 17.0 Å². The molecule has 3 nitrogen and oxygen atoms in total. The average molecular weight is 205 g/mol. The van der Waals surface area contributed by atoms with Gasteiger partial charge in [0, 0.05) is 5.69 Å². The largest absolute Gasteiger partial charge is 0.461 e. The molecule has 0 aliphatic carbocycles. The van der Waals surface area contributed by atoms with E-state index < -0.39 is 11.6 Å². The summed E-state index contributed by atoms with van der Waals surface area (Å²) in [6, 6.07) is 6.75. The van der Waals surface area contributed by atoms with Crippen LogP contribution in [0.4, 0.5) is 10.1 Å². The van der Waals surface area contributed by atoms with Crippen LogP contribution in [0.3, 0.4) is 0 Å². The Hall–Kier alpha value is -2.10. The topological polar surface area (TPSA) is 56.2 Å². The number of carbonyl (C=O) groups excluding carboxylic acids is 1. The van der Waals surface area contributed by atoms with Crippen molar-refractivity contribution < 1.29 is 13.6 Å². The van der Waals surface area contributed by atoms with Crippen LogP contribution in [0.1, 0.15) is 16.1 Å². The minimum absolute atomic E-state index is 0.116. The second kappa shape index (κ2) is 3.57. The minimum Gasteiger partial charge on any atom is -0.461 e. The van der Waals surface area contributed by atoms with Gasteiger partial charge in [0.1, 0.15) is 5.82 Å². The van der Waals surface area contributed by atoms with Crippen LogP contribution in [-0.2, 0) is 0 Å². The van der Waals surface area contributed by atoms with E-state index in [1.807, 2.05) is 0 Å². The monoisotopic (exact) mass is 205 g/mol. The van der Waals surface area contributed by atoms with E-state index in [1.54, 1.807) is 6.07 Å². The number of hydrogen-bond donors (Lipinski definition) is 1. The Kier molecular flexibility index (Phi) is 2.25. The summed E-state index contributed by atoms with van der Waals surface area (Å²) in [6.07, 6.45) is 1.38. The molecular formula is C11H8FNO2. The van der Waals surface area contributed by atoms with E-state index in [9.17, 15) is 9.18 Å². The predicted molar refractivity (Wildman–Crippen MR) is 53.0 cm³/mol. The fourth-order valence-corrected chi connectivity index (χ4v) is 1.27. The summed E-state index contributed by atoms with van der Waals surface area (Å²) < 4.78 is 17.8. The van der Waals surface area contributed by atoms with Crippen molar-refractivity contribution in [3.05, 3.63) is 53.7 Å². The number of ketones is 1. The lowest BCUT2D eigenvalue weighted by molar-refractivity contribution is 0.101. The van der Waals surface area contributed by atoms with E-state index in [0.29, 0.717) is 0 Å². The maximum Gasteiger partial charge on any atom is 0.230 e. The van der Waals surface area contributed by atoms with Crippen molar-refractivity contribution in [2.24, 2.45) is 0 Å². The molecule has 0 saturated heterocycles. The molecule has 0 radical (unpaired) electrons. The van der Waals surface area contributed by atoms with Crippen LogP contribution in [0.2, 0.25) is 0 Å². The summed E-state index contributed by atoms with van der Waals surface area (Å²) in [5, 5.41) is 0. The first-order chi connectivity index (χ1) is 7.18. The molecule has 0 unspecified atom stereocenters. The van der Waals surface area contributed by atoms with Crippen molar-refractivity contribution in [2.45, 2.75) is 0 Å². The number of hydrogen-bond acceptors (Lipinski definition) is 3. The standard InChI is InChI=1S/C11H8FNO2/c12-7-3-4-9(13)8(6-7)11(14)10-2-1-5-15-10/h1-6H,13H2. The van der Waals surface area contributed by atoms with Gasteiger partial charge in [0.25, 0.3) is 0 Å². The van der Waals surface area contributed by atoms with Gasteiger partial charge >= 0.3 is 0 Å². The molecule has 2 aromatic rings. The molecule has 0 saturated carbocycles. The Morgan fingerprint density at radius 3 is 2.80 bits per heavy atom. The molecule has 0 spiro atoms. The van der Waals surface area contributed by atoms with Crippen molar-refractivity contribution in [3.8, 4) is 0 Å². The second-order valence-corrected chi connectivity index (χ2v) is 3.04. The van der Waals surface area contributed by atoms with Gasteiger partial charge in [-0.2, -0.15) is 0 Å². The smallest absolute Gasteiger partial charge is 0.230 e. The molecule has 0 bridgehead atoms. The number of nitrogen functional groups attached to an aromatic ring is 1. The van der Waals surface area contributed by atoms with Crippen LogP contribution in [0.5, 0.6) is 0 Å². The van der Waals surface area contributed by atoms with Crippen molar-refractivity contribution in [2.75, 3.05) is 5.73 Å². The lowest BCUT2D eigenvalue weighted by Crippen LogP contribution is -2.04. The highest BCUT2D eigenvalue weighted by atomic mass is 19.1. The molecule has 0 aliphatic rings. The maximum absolute atomic E-state index is 12.9. The third-order valence-electron chi connectivity index (χ3n) is 2.00. The van der Waals surface area contributed by atoms with Crippen LogP contribution in [0, 0.1) is 5.82 Å². The number of carbonyl (C=O) groups is 1. The third-order valence-corrected chi connectivity index (χ3v) is 2.00. The van der Waals surface area contributed by atoms with E-state index in [4.69, 9.17) is 10.2 Å². The van der Waals surface area contributed by atoms with E-state index in [1.165, 1.54) is 24.5 Å². The summed E-state index contributed by atoms with van der Waals surface area (Å²) in [6.45, 7) is 0. The van der Waals surface area contributed by atoms with Crippen LogP contribution < -0.4 is 5.73 Å². The summed E-state index contributed by atoms with van der Waals surface area (Å²) in [5.74, 6) is -0.775. The van der Waals surface area contributed by atoms with Crippen LogP contribution in [-0.4, -0.2) is 5.78 Å². The van der Waals surface area contributed by atoms with Gasteiger partial charge in [-0.25, -0.2) is 4.39 Å². The Labute approximate surface area is 85.3 Å². The second-order valence-electron chi connectivity index (χ2n) is 3.04. The summed E-state index contributed by atoms with van der Waals surface area (Å²) in [5.41, 5.74) is 5.92. The van der Waals surface area contributed by atoms with Crippen molar-refractivity contribution in [1.29, 1.82) is 0 Å². The number of rotatable bonds is 2. The predicted octanol–water partition coefficient (Wildman–Crippen LogP) is 2.23. The van der Waals surface area contributed by atoms with Gasteiger partial charge in [-0.05, 0) is 30.3 Å². The molecule has 76 valence electrons. The van der Waals surface area contributed by atoms with Crippen LogP contribution in [0.15, 0.2) is 41.0 Å². The Balaban J connectivity index is 2.46. The van der Waals surface area contributed by atoms with Gasteiger partial charge in [-0.3, -0.25) is 4.79 Å². The zero-order chi connectivity index (χ0) is 10.8. The van der Waals surface area contributed by atoms with Gasteiger partial charge in [0.05, 0.1) is 11.8 Å². The first kappa shape index (κ1) is 9.45. The van der Waals surface area contributed by atoms with Gasteiger partial charge in [0.15, 0.2) is 5.76 Å². The van der Waals surface area contributed by atoms with Crippen LogP contribution in [0.25, 0.3) is 0 Å². The molecule has 0 amide bonds. The minimum atomic E-state index is -0.501. The van der Waals surface area contributed by atoms with Gasteiger partial charge in [0.2, 0.25) is 5.78 Å². The molecule has 0 fully saturated rings. The van der Waals surface area contributed by atoms with Crippen molar-refractivity contribution in [1.82, 2.24) is 0 Å². The molecule has 15 heavy (non-hydrogen) atoms. The van der Waals surface area contributed by atoms with Crippen molar-refractivity contribution >= 4 is 11.5 Å². The first-order valence-corrected chi connectivity index (χ1v) is 4.31. The summed E-state index contributed by atoms with van der Waals surface area (Å²) >= 11 is 0.